The highest BCUT2D eigenvalue weighted by Gasteiger charge is 2.29. The van der Waals surface area contributed by atoms with Crippen LogP contribution in [-0.2, 0) is 24.0 Å². The molecule has 0 saturated carbocycles. The number of hydrogen-bond acceptors (Lipinski definition) is 6. The number of amides is 3. The standard InChI is InChI=1S/C16H26N4O7/c1-8(2)13(16(26)27)20-11(21)7-18-14(24)10(6-12(22)23)19-15(25)9-4-3-5-17-9/h8-10,13,17H,3-7H2,1-2H3,(H,18,24)(H,19,25)(H,20,21)(H,22,23)(H,26,27). The van der Waals surface area contributed by atoms with Crippen LogP contribution in [0, 0.1) is 5.92 Å². The summed E-state index contributed by atoms with van der Waals surface area (Å²) in [4.78, 5) is 58.1. The summed E-state index contributed by atoms with van der Waals surface area (Å²) in [7, 11) is 0. The van der Waals surface area contributed by atoms with Crippen molar-refractivity contribution in [3.63, 3.8) is 0 Å². The second-order valence-electron chi connectivity index (χ2n) is 6.65. The van der Waals surface area contributed by atoms with E-state index >= 15 is 0 Å². The first-order valence-electron chi connectivity index (χ1n) is 8.67. The van der Waals surface area contributed by atoms with Gasteiger partial charge in [0, 0.05) is 0 Å². The minimum Gasteiger partial charge on any atom is -0.481 e. The molecule has 0 spiro atoms. The maximum Gasteiger partial charge on any atom is 0.326 e. The van der Waals surface area contributed by atoms with Crippen LogP contribution >= 0.6 is 0 Å². The summed E-state index contributed by atoms with van der Waals surface area (Å²) in [5, 5.41) is 27.8. The topological polar surface area (TPSA) is 174 Å². The lowest BCUT2D eigenvalue weighted by Gasteiger charge is -2.20. The molecule has 0 bridgehead atoms. The number of carboxylic acids is 2. The van der Waals surface area contributed by atoms with E-state index in [4.69, 9.17) is 10.2 Å². The molecule has 1 heterocycles. The molecule has 27 heavy (non-hydrogen) atoms. The van der Waals surface area contributed by atoms with Crippen LogP contribution in [0.4, 0.5) is 0 Å². The molecule has 1 fully saturated rings. The van der Waals surface area contributed by atoms with Gasteiger partial charge in [0.1, 0.15) is 12.1 Å². The fourth-order valence-electron chi connectivity index (χ4n) is 2.59. The minimum absolute atomic E-state index is 0.361. The van der Waals surface area contributed by atoms with Gasteiger partial charge in [0.05, 0.1) is 19.0 Å². The fraction of sp³-hybridized carbons (Fsp3) is 0.688. The summed E-state index contributed by atoms with van der Waals surface area (Å²) in [5.74, 6) is -4.91. The van der Waals surface area contributed by atoms with Gasteiger partial charge in [-0.2, -0.15) is 0 Å². The largest absolute Gasteiger partial charge is 0.481 e. The van der Waals surface area contributed by atoms with E-state index in [-0.39, 0.29) is 5.92 Å². The van der Waals surface area contributed by atoms with E-state index in [1.807, 2.05) is 0 Å². The highest BCUT2D eigenvalue weighted by molar-refractivity contribution is 5.94. The molecule has 152 valence electrons. The van der Waals surface area contributed by atoms with Gasteiger partial charge in [0.25, 0.3) is 0 Å². The monoisotopic (exact) mass is 386 g/mol. The van der Waals surface area contributed by atoms with Crippen molar-refractivity contribution >= 4 is 29.7 Å². The molecule has 1 aliphatic rings. The first-order chi connectivity index (χ1) is 12.6. The van der Waals surface area contributed by atoms with Gasteiger partial charge in [-0.25, -0.2) is 4.79 Å². The predicted molar refractivity (Wildman–Crippen MR) is 92.6 cm³/mol. The Hall–Kier alpha value is -2.69. The van der Waals surface area contributed by atoms with E-state index in [0.717, 1.165) is 6.42 Å². The average Bonchev–Trinajstić information content (AvgIpc) is 3.10. The van der Waals surface area contributed by atoms with Crippen molar-refractivity contribution < 1.29 is 34.2 Å². The minimum atomic E-state index is -1.34. The Morgan fingerprint density at radius 2 is 1.78 bits per heavy atom. The van der Waals surface area contributed by atoms with Crippen LogP contribution in [0.2, 0.25) is 0 Å². The normalized spacial score (nSPS) is 18.4. The Kier molecular flexibility index (Phi) is 8.66. The smallest absolute Gasteiger partial charge is 0.326 e. The van der Waals surface area contributed by atoms with E-state index in [1.165, 1.54) is 0 Å². The Morgan fingerprint density at radius 3 is 2.26 bits per heavy atom. The van der Waals surface area contributed by atoms with Crippen LogP contribution in [0.3, 0.4) is 0 Å². The molecule has 1 saturated heterocycles. The highest BCUT2D eigenvalue weighted by Crippen LogP contribution is 2.06. The molecule has 1 aliphatic heterocycles. The number of nitrogens with one attached hydrogen (secondary N) is 4. The predicted octanol–water partition coefficient (Wildman–Crippen LogP) is -1.96. The molecule has 6 N–H and O–H groups in total. The van der Waals surface area contributed by atoms with Crippen molar-refractivity contribution in [1.29, 1.82) is 0 Å². The van der Waals surface area contributed by atoms with Gasteiger partial charge in [-0.15, -0.1) is 0 Å². The highest BCUT2D eigenvalue weighted by atomic mass is 16.4. The lowest BCUT2D eigenvalue weighted by Crippen LogP contribution is -2.54. The summed E-state index contributed by atoms with van der Waals surface area (Å²) in [5.41, 5.74) is 0. The summed E-state index contributed by atoms with van der Waals surface area (Å²) < 4.78 is 0. The SMILES string of the molecule is CC(C)C(NC(=O)CNC(=O)C(CC(=O)O)NC(=O)C1CCCN1)C(=O)O. The zero-order valence-corrected chi connectivity index (χ0v) is 15.3. The molecule has 0 aromatic rings. The molecule has 1 rings (SSSR count). The molecular formula is C16H26N4O7. The van der Waals surface area contributed by atoms with Gasteiger partial charge in [-0.05, 0) is 25.3 Å². The van der Waals surface area contributed by atoms with Crippen molar-refractivity contribution in [2.75, 3.05) is 13.1 Å². The second-order valence-corrected chi connectivity index (χ2v) is 6.65. The first-order valence-corrected chi connectivity index (χ1v) is 8.67. The number of carbonyl (C=O) groups excluding carboxylic acids is 3. The van der Waals surface area contributed by atoms with Crippen LogP contribution in [0.15, 0.2) is 0 Å². The molecule has 0 radical (unpaired) electrons. The van der Waals surface area contributed by atoms with Crippen LogP contribution in [0.25, 0.3) is 0 Å². The van der Waals surface area contributed by atoms with E-state index < -0.39 is 60.8 Å². The first kappa shape index (κ1) is 22.4. The third-order valence-corrected chi connectivity index (χ3v) is 4.06. The Bertz CT molecular complexity index is 587. The number of hydrogen-bond donors (Lipinski definition) is 6. The summed E-state index contributed by atoms with van der Waals surface area (Å²) in [6, 6.07) is -2.94. The number of carboxylic acid groups (broad SMARTS) is 2. The molecule has 11 heteroatoms. The number of rotatable bonds is 10. The van der Waals surface area contributed by atoms with Gasteiger partial charge in [0.15, 0.2) is 0 Å². The van der Waals surface area contributed by atoms with E-state index in [9.17, 15) is 24.0 Å². The Balaban J connectivity index is 2.59. The summed E-state index contributed by atoms with van der Waals surface area (Å²) in [6.07, 6.45) is 0.742. The van der Waals surface area contributed by atoms with E-state index in [0.29, 0.717) is 13.0 Å². The third kappa shape index (κ3) is 7.60. The van der Waals surface area contributed by atoms with Crippen molar-refractivity contribution in [2.45, 2.75) is 51.2 Å². The maximum atomic E-state index is 12.2. The Morgan fingerprint density at radius 1 is 1.11 bits per heavy atom. The molecule has 3 amide bonds. The van der Waals surface area contributed by atoms with Crippen molar-refractivity contribution in [3.05, 3.63) is 0 Å². The molecular weight excluding hydrogens is 360 g/mol. The second kappa shape index (κ2) is 10.5. The van der Waals surface area contributed by atoms with Crippen LogP contribution in [0.5, 0.6) is 0 Å². The van der Waals surface area contributed by atoms with Gasteiger partial charge < -0.3 is 31.5 Å². The van der Waals surface area contributed by atoms with Crippen LogP contribution in [0.1, 0.15) is 33.1 Å². The van der Waals surface area contributed by atoms with E-state index in [2.05, 4.69) is 21.3 Å². The quantitative estimate of drug-likeness (QED) is 0.251. The third-order valence-electron chi connectivity index (χ3n) is 4.06. The fourth-order valence-corrected chi connectivity index (χ4v) is 2.59. The lowest BCUT2D eigenvalue weighted by atomic mass is 10.0. The molecule has 0 aromatic carbocycles. The Labute approximate surface area is 156 Å². The number of aliphatic carboxylic acids is 2. The maximum absolute atomic E-state index is 12.2. The summed E-state index contributed by atoms with van der Waals surface area (Å²) in [6.45, 7) is 3.36. The zero-order chi connectivity index (χ0) is 20.6. The van der Waals surface area contributed by atoms with Gasteiger partial charge in [0.2, 0.25) is 17.7 Å². The number of carbonyl (C=O) groups is 5. The van der Waals surface area contributed by atoms with Gasteiger partial charge in [-0.3, -0.25) is 19.2 Å². The summed E-state index contributed by atoms with van der Waals surface area (Å²) >= 11 is 0. The van der Waals surface area contributed by atoms with E-state index in [1.54, 1.807) is 13.8 Å². The average molecular weight is 386 g/mol. The van der Waals surface area contributed by atoms with Gasteiger partial charge in [-0.1, -0.05) is 13.8 Å². The lowest BCUT2D eigenvalue weighted by molar-refractivity contribution is -0.143. The van der Waals surface area contributed by atoms with Crippen molar-refractivity contribution in [3.8, 4) is 0 Å². The van der Waals surface area contributed by atoms with Crippen molar-refractivity contribution in [1.82, 2.24) is 21.3 Å². The molecule has 0 aromatic heterocycles. The molecule has 11 nitrogen and oxygen atoms in total. The molecule has 3 unspecified atom stereocenters. The van der Waals surface area contributed by atoms with Crippen LogP contribution < -0.4 is 21.3 Å². The van der Waals surface area contributed by atoms with Crippen molar-refractivity contribution in [2.24, 2.45) is 5.92 Å². The molecule has 0 aliphatic carbocycles. The molecule has 3 atom stereocenters. The van der Waals surface area contributed by atoms with Gasteiger partial charge >= 0.3 is 11.9 Å². The zero-order valence-electron chi connectivity index (χ0n) is 15.3. The van der Waals surface area contributed by atoms with Crippen LogP contribution in [-0.4, -0.2) is 71.1 Å².